The summed E-state index contributed by atoms with van der Waals surface area (Å²) < 4.78 is 0. The molecule has 3 N–H and O–H groups in total. The first-order chi connectivity index (χ1) is 9.06. The molecule has 1 aromatic carbocycles. The normalized spacial score (nSPS) is 23.1. The minimum Gasteiger partial charge on any atom is -0.399 e. The number of nitrogens with one attached hydrogen (secondary N) is 1. The molecule has 0 spiro atoms. The fourth-order valence-corrected chi connectivity index (χ4v) is 2.90. The third-order valence-electron chi connectivity index (χ3n) is 4.13. The van der Waals surface area contributed by atoms with E-state index in [1.807, 2.05) is 13.0 Å². The molecule has 2 unspecified atom stereocenters. The van der Waals surface area contributed by atoms with E-state index in [-0.39, 0.29) is 5.91 Å². The lowest BCUT2D eigenvalue weighted by atomic mass is 9.82. The lowest BCUT2D eigenvalue weighted by molar-refractivity contribution is 0.0940. The maximum Gasteiger partial charge on any atom is 0.251 e. The summed E-state index contributed by atoms with van der Waals surface area (Å²) in [5, 5.41) is 3.06. The lowest BCUT2D eigenvalue weighted by Crippen LogP contribution is -2.31. The number of carbonyl (C=O) groups is 1. The molecule has 0 bridgehead atoms. The molecule has 3 nitrogen and oxygen atoms in total. The molecule has 1 aliphatic rings. The van der Waals surface area contributed by atoms with E-state index in [1.54, 1.807) is 12.1 Å². The molecule has 19 heavy (non-hydrogen) atoms. The van der Waals surface area contributed by atoms with Crippen LogP contribution >= 0.6 is 0 Å². The largest absolute Gasteiger partial charge is 0.399 e. The van der Waals surface area contributed by atoms with Crippen LogP contribution in [0.15, 0.2) is 18.2 Å². The predicted octanol–water partition coefficient (Wildman–Crippen LogP) is 3.13. The van der Waals surface area contributed by atoms with Crippen LogP contribution in [0.25, 0.3) is 0 Å². The summed E-state index contributed by atoms with van der Waals surface area (Å²) in [6.45, 7) is 5.03. The van der Waals surface area contributed by atoms with Gasteiger partial charge in [0.2, 0.25) is 0 Å². The molecule has 2 rings (SSSR count). The van der Waals surface area contributed by atoms with Crippen molar-refractivity contribution in [3.05, 3.63) is 29.3 Å². The number of benzene rings is 1. The van der Waals surface area contributed by atoms with Crippen molar-refractivity contribution in [1.82, 2.24) is 5.32 Å². The van der Waals surface area contributed by atoms with Crippen molar-refractivity contribution in [1.29, 1.82) is 0 Å². The van der Waals surface area contributed by atoms with Gasteiger partial charge in [0.1, 0.15) is 0 Å². The Kier molecular flexibility index (Phi) is 4.46. The first-order valence-electron chi connectivity index (χ1n) is 7.20. The second-order valence-corrected chi connectivity index (χ2v) is 5.92. The monoisotopic (exact) mass is 260 g/mol. The highest BCUT2D eigenvalue weighted by atomic mass is 16.1. The molecule has 0 aliphatic heterocycles. The van der Waals surface area contributed by atoms with Crippen LogP contribution in [-0.2, 0) is 0 Å². The van der Waals surface area contributed by atoms with Crippen LogP contribution in [0.3, 0.4) is 0 Å². The molecule has 2 atom stereocenters. The van der Waals surface area contributed by atoms with Gasteiger partial charge in [-0.1, -0.05) is 19.8 Å². The summed E-state index contributed by atoms with van der Waals surface area (Å²) in [5.74, 6) is 1.46. The number of hydrogen-bond donors (Lipinski definition) is 2. The molecule has 0 aromatic heterocycles. The van der Waals surface area contributed by atoms with E-state index < -0.39 is 0 Å². The van der Waals surface area contributed by atoms with Gasteiger partial charge in [-0.2, -0.15) is 0 Å². The Morgan fingerprint density at radius 3 is 2.89 bits per heavy atom. The molecule has 1 fully saturated rings. The second-order valence-electron chi connectivity index (χ2n) is 5.92. The topological polar surface area (TPSA) is 55.1 Å². The minimum absolute atomic E-state index is 0.0151. The number of nitrogens with two attached hydrogens (primary N) is 1. The van der Waals surface area contributed by atoms with Crippen molar-refractivity contribution < 1.29 is 4.79 Å². The van der Waals surface area contributed by atoms with Gasteiger partial charge in [-0.05, 0) is 55.4 Å². The molecule has 0 saturated heterocycles. The Labute approximate surface area is 115 Å². The highest BCUT2D eigenvalue weighted by molar-refractivity contribution is 5.94. The van der Waals surface area contributed by atoms with Gasteiger partial charge in [0.15, 0.2) is 0 Å². The second kappa shape index (κ2) is 6.09. The van der Waals surface area contributed by atoms with E-state index >= 15 is 0 Å². The Morgan fingerprint density at radius 2 is 2.21 bits per heavy atom. The molecule has 1 aromatic rings. The summed E-state index contributed by atoms with van der Waals surface area (Å²) in [5.41, 5.74) is 8.16. The van der Waals surface area contributed by atoms with Crippen molar-refractivity contribution in [3.63, 3.8) is 0 Å². The van der Waals surface area contributed by atoms with Crippen molar-refractivity contribution in [2.24, 2.45) is 11.8 Å². The Balaban J connectivity index is 1.88. The molecule has 104 valence electrons. The number of amides is 1. The van der Waals surface area contributed by atoms with Crippen LogP contribution in [-0.4, -0.2) is 12.5 Å². The average Bonchev–Trinajstić information content (AvgIpc) is 2.39. The molecule has 0 radical (unpaired) electrons. The first-order valence-corrected chi connectivity index (χ1v) is 7.20. The van der Waals surface area contributed by atoms with Crippen molar-refractivity contribution in [2.75, 3.05) is 12.3 Å². The molecule has 3 heteroatoms. The quantitative estimate of drug-likeness (QED) is 0.820. The Hall–Kier alpha value is -1.51. The molecular weight excluding hydrogens is 236 g/mol. The van der Waals surface area contributed by atoms with Gasteiger partial charge < -0.3 is 11.1 Å². The van der Waals surface area contributed by atoms with Crippen molar-refractivity contribution >= 4 is 11.6 Å². The molecule has 1 aliphatic carbocycles. The van der Waals surface area contributed by atoms with E-state index in [2.05, 4.69) is 12.2 Å². The van der Waals surface area contributed by atoms with Crippen LogP contribution in [0.1, 0.15) is 48.5 Å². The molecule has 1 amide bonds. The van der Waals surface area contributed by atoms with Crippen LogP contribution in [0.5, 0.6) is 0 Å². The highest BCUT2D eigenvalue weighted by Crippen LogP contribution is 2.28. The van der Waals surface area contributed by atoms with Gasteiger partial charge in [0, 0.05) is 17.8 Å². The minimum atomic E-state index is 0.0151. The Bertz CT molecular complexity index is 456. The smallest absolute Gasteiger partial charge is 0.251 e. The maximum absolute atomic E-state index is 12.1. The zero-order chi connectivity index (χ0) is 13.8. The van der Waals surface area contributed by atoms with Gasteiger partial charge in [0.25, 0.3) is 5.91 Å². The van der Waals surface area contributed by atoms with E-state index in [4.69, 9.17) is 5.73 Å². The number of rotatable bonds is 3. The maximum atomic E-state index is 12.1. The zero-order valence-corrected chi connectivity index (χ0v) is 11.9. The Morgan fingerprint density at radius 1 is 1.42 bits per heavy atom. The number of hydrogen-bond acceptors (Lipinski definition) is 2. The number of aryl methyl sites for hydroxylation is 1. The van der Waals surface area contributed by atoms with Crippen LogP contribution < -0.4 is 11.1 Å². The summed E-state index contributed by atoms with van der Waals surface area (Å²) in [6, 6.07) is 5.45. The number of anilines is 1. The fourth-order valence-electron chi connectivity index (χ4n) is 2.90. The van der Waals surface area contributed by atoms with Crippen LogP contribution in [0.2, 0.25) is 0 Å². The van der Waals surface area contributed by atoms with Gasteiger partial charge in [-0.3, -0.25) is 4.79 Å². The van der Waals surface area contributed by atoms with E-state index in [9.17, 15) is 4.79 Å². The highest BCUT2D eigenvalue weighted by Gasteiger charge is 2.19. The van der Waals surface area contributed by atoms with Crippen LogP contribution in [0, 0.1) is 18.8 Å². The third kappa shape index (κ3) is 3.72. The van der Waals surface area contributed by atoms with E-state index in [0.29, 0.717) is 11.5 Å². The van der Waals surface area contributed by atoms with Gasteiger partial charge in [0.05, 0.1) is 0 Å². The summed E-state index contributed by atoms with van der Waals surface area (Å²) in [4.78, 5) is 12.1. The fraction of sp³-hybridized carbons (Fsp3) is 0.562. The lowest BCUT2D eigenvalue weighted by Gasteiger charge is -2.26. The van der Waals surface area contributed by atoms with E-state index in [0.717, 1.165) is 23.7 Å². The standard InChI is InChI=1S/C16H24N2O/c1-11-4-3-5-13(8-11)10-18-16(19)14-6-7-15(17)12(2)9-14/h6-7,9,11,13H,3-5,8,10,17H2,1-2H3,(H,18,19). The SMILES string of the molecule is Cc1cc(C(=O)NCC2CCCC(C)C2)ccc1N. The van der Waals surface area contributed by atoms with Gasteiger partial charge >= 0.3 is 0 Å². The molecule has 1 saturated carbocycles. The summed E-state index contributed by atoms with van der Waals surface area (Å²) in [6.07, 6.45) is 5.11. The zero-order valence-electron chi connectivity index (χ0n) is 11.9. The summed E-state index contributed by atoms with van der Waals surface area (Å²) >= 11 is 0. The van der Waals surface area contributed by atoms with E-state index in [1.165, 1.54) is 25.7 Å². The molecule has 0 heterocycles. The average molecular weight is 260 g/mol. The first kappa shape index (κ1) is 13.9. The molecular formula is C16H24N2O. The van der Waals surface area contributed by atoms with Crippen molar-refractivity contribution in [3.8, 4) is 0 Å². The third-order valence-corrected chi connectivity index (χ3v) is 4.13. The van der Waals surface area contributed by atoms with Crippen molar-refractivity contribution in [2.45, 2.75) is 39.5 Å². The summed E-state index contributed by atoms with van der Waals surface area (Å²) in [7, 11) is 0. The number of carbonyl (C=O) groups excluding carboxylic acids is 1. The van der Waals surface area contributed by atoms with Gasteiger partial charge in [-0.25, -0.2) is 0 Å². The van der Waals surface area contributed by atoms with Crippen LogP contribution in [0.4, 0.5) is 5.69 Å². The predicted molar refractivity (Wildman–Crippen MR) is 79.0 cm³/mol. The van der Waals surface area contributed by atoms with Gasteiger partial charge in [-0.15, -0.1) is 0 Å². The number of nitrogen functional groups attached to an aromatic ring is 1.